The highest BCUT2D eigenvalue weighted by Crippen LogP contribution is 2.28. The monoisotopic (exact) mass is 494 g/mol. The minimum Gasteiger partial charge on any atom is -0.211 e. The van der Waals surface area contributed by atoms with E-state index < -0.39 is 12.9 Å². The quantitative estimate of drug-likeness (QED) is 0.0786. The molecule has 0 heterocycles. The third-order valence-electron chi connectivity index (χ3n) is 7.49. The van der Waals surface area contributed by atoms with Crippen LogP contribution < -0.4 is 0 Å². The topological polar surface area (TPSA) is 0 Å². The van der Waals surface area contributed by atoms with E-state index in [1.165, 1.54) is 77.0 Å². The Morgan fingerprint density at radius 2 is 0.588 bits per heavy atom. The van der Waals surface area contributed by atoms with Crippen molar-refractivity contribution in [2.45, 2.75) is 181 Å². The summed E-state index contributed by atoms with van der Waals surface area (Å²) in [6.45, 7) is 4.45. The van der Waals surface area contributed by atoms with E-state index in [2.05, 4.69) is 13.8 Å². The van der Waals surface area contributed by atoms with Crippen LogP contribution in [-0.2, 0) is 0 Å². The molecule has 0 aliphatic carbocycles. The lowest BCUT2D eigenvalue weighted by molar-refractivity contribution is 0.123. The summed E-state index contributed by atoms with van der Waals surface area (Å²) in [6, 6.07) is 0. The molecule has 0 spiro atoms. The number of rotatable bonds is 27. The first-order chi connectivity index (χ1) is 16.5. The summed E-state index contributed by atoms with van der Waals surface area (Å²) in [7, 11) is 0. The van der Waals surface area contributed by atoms with Gasteiger partial charge in [0.1, 0.15) is 0 Å². The molecule has 0 N–H and O–H groups in total. The zero-order valence-electron chi connectivity index (χ0n) is 22.8. The largest absolute Gasteiger partial charge is 0.238 e. The highest BCUT2D eigenvalue weighted by Gasteiger charge is 2.15. The molecule has 0 nitrogen and oxygen atoms in total. The summed E-state index contributed by atoms with van der Waals surface area (Å²) in [5, 5.41) is 0. The van der Waals surface area contributed by atoms with Gasteiger partial charge in [0, 0.05) is 12.8 Å². The van der Waals surface area contributed by atoms with Crippen LogP contribution in [0.3, 0.4) is 0 Å². The van der Waals surface area contributed by atoms with Gasteiger partial charge in [-0.2, -0.15) is 0 Å². The molecule has 0 fully saturated rings. The molecule has 34 heavy (non-hydrogen) atoms. The van der Waals surface area contributed by atoms with Crippen LogP contribution in [0.4, 0.5) is 17.6 Å². The highest BCUT2D eigenvalue weighted by molar-refractivity contribution is 4.65. The molecule has 2 atom stereocenters. The summed E-state index contributed by atoms with van der Waals surface area (Å²) in [5.74, 6) is 0.819. The molecule has 0 aromatic rings. The average Bonchev–Trinajstić information content (AvgIpc) is 2.80. The molecular formula is C30H58F4. The Balaban J connectivity index is 4.19. The van der Waals surface area contributed by atoms with Gasteiger partial charge in [0.05, 0.1) is 0 Å². The Bertz CT molecular complexity index is 350. The third kappa shape index (κ3) is 24.8. The Kier molecular flexibility index (Phi) is 25.6. The van der Waals surface area contributed by atoms with Gasteiger partial charge in [0.15, 0.2) is 0 Å². The number of hydrogen-bond donors (Lipinski definition) is 0. The van der Waals surface area contributed by atoms with Crippen LogP contribution in [0.2, 0.25) is 0 Å². The lowest BCUT2D eigenvalue weighted by Crippen LogP contribution is -2.06. The zero-order chi connectivity index (χ0) is 25.3. The van der Waals surface area contributed by atoms with Crippen molar-refractivity contribution in [3.63, 3.8) is 0 Å². The van der Waals surface area contributed by atoms with Gasteiger partial charge in [-0.15, -0.1) is 0 Å². The van der Waals surface area contributed by atoms with Gasteiger partial charge in [-0.05, 0) is 24.7 Å². The normalized spacial score (nSPS) is 13.8. The smallest absolute Gasteiger partial charge is 0.211 e. The van der Waals surface area contributed by atoms with Crippen LogP contribution in [0.15, 0.2) is 0 Å². The number of alkyl halides is 4. The van der Waals surface area contributed by atoms with E-state index in [4.69, 9.17) is 0 Å². The summed E-state index contributed by atoms with van der Waals surface area (Å²) in [6.07, 6.45) is 21.0. The van der Waals surface area contributed by atoms with Gasteiger partial charge in [0.25, 0.3) is 0 Å². The number of halogens is 4. The van der Waals surface area contributed by atoms with Crippen molar-refractivity contribution in [2.24, 2.45) is 11.8 Å². The van der Waals surface area contributed by atoms with Crippen LogP contribution in [0.1, 0.15) is 168 Å². The molecule has 0 aliphatic heterocycles. The van der Waals surface area contributed by atoms with Gasteiger partial charge < -0.3 is 0 Å². The summed E-state index contributed by atoms with van der Waals surface area (Å²) < 4.78 is 51.1. The average molecular weight is 495 g/mol. The maximum atomic E-state index is 12.8. The van der Waals surface area contributed by atoms with Gasteiger partial charge in [0.2, 0.25) is 12.9 Å². The van der Waals surface area contributed by atoms with Crippen molar-refractivity contribution in [1.82, 2.24) is 0 Å². The van der Waals surface area contributed by atoms with Crippen molar-refractivity contribution in [2.75, 3.05) is 0 Å². The fourth-order valence-corrected chi connectivity index (χ4v) is 5.24. The summed E-state index contributed by atoms with van der Waals surface area (Å²) in [5.41, 5.74) is 0. The van der Waals surface area contributed by atoms with E-state index in [1.807, 2.05) is 0 Å². The summed E-state index contributed by atoms with van der Waals surface area (Å²) in [4.78, 5) is 0. The first kappa shape index (κ1) is 33.7. The zero-order valence-corrected chi connectivity index (χ0v) is 22.8. The minimum absolute atomic E-state index is 0.0242. The SMILES string of the molecule is CCCCCCCCCC(CCCCC(CCCCCCCCC)CCC(F)F)CCC(F)F. The summed E-state index contributed by atoms with van der Waals surface area (Å²) >= 11 is 0. The predicted octanol–water partition coefficient (Wildman–Crippen LogP) is 12.2. The van der Waals surface area contributed by atoms with Crippen LogP contribution in [0.5, 0.6) is 0 Å². The van der Waals surface area contributed by atoms with Crippen molar-refractivity contribution >= 4 is 0 Å². The number of hydrogen-bond acceptors (Lipinski definition) is 0. The second-order valence-electron chi connectivity index (χ2n) is 10.8. The molecule has 0 bridgehead atoms. The fourth-order valence-electron chi connectivity index (χ4n) is 5.24. The lowest BCUT2D eigenvalue weighted by Gasteiger charge is -2.19. The molecule has 0 rings (SSSR count). The number of unbranched alkanes of at least 4 members (excludes halogenated alkanes) is 13. The van der Waals surface area contributed by atoms with E-state index in [0.717, 1.165) is 51.4 Å². The Hall–Kier alpha value is -0.280. The maximum absolute atomic E-state index is 12.8. The molecule has 0 amide bonds. The van der Waals surface area contributed by atoms with Gasteiger partial charge in [-0.3, -0.25) is 0 Å². The van der Waals surface area contributed by atoms with Crippen molar-refractivity contribution < 1.29 is 17.6 Å². The standard InChI is InChI=1S/C30H58F4/c1-3-5-7-9-11-13-15-19-27(23-25-29(31)32)21-17-18-22-28(24-26-30(33)34)20-16-14-12-10-8-6-4-2/h27-30H,3-26H2,1-2H3. The molecule has 2 unspecified atom stereocenters. The van der Waals surface area contributed by atoms with E-state index in [1.54, 1.807) is 0 Å². The van der Waals surface area contributed by atoms with E-state index in [9.17, 15) is 17.6 Å². The third-order valence-corrected chi connectivity index (χ3v) is 7.49. The molecular weight excluding hydrogens is 436 g/mol. The van der Waals surface area contributed by atoms with Crippen LogP contribution in [-0.4, -0.2) is 12.9 Å². The van der Waals surface area contributed by atoms with Gasteiger partial charge in [-0.25, -0.2) is 17.6 Å². The second kappa shape index (κ2) is 25.8. The van der Waals surface area contributed by atoms with E-state index >= 15 is 0 Å². The minimum atomic E-state index is -2.20. The van der Waals surface area contributed by atoms with Crippen LogP contribution in [0.25, 0.3) is 0 Å². The second-order valence-corrected chi connectivity index (χ2v) is 10.8. The van der Waals surface area contributed by atoms with Gasteiger partial charge in [-0.1, -0.05) is 142 Å². The Morgan fingerprint density at radius 1 is 0.324 bits per heavy atom. The van der Waals surface area contributed by atoms with Crippen molar-refractivity contribution in [3.8, 4) is 0 Å². The van der Waals surface area contributed by atoms with Crippen molar-refractivity contribution in [3.05, 3.63) is 0 Å². The van der Waals surface area contributed by atoms with Crippen LogP contribution in [0, 0.1) is 11.8 Å². The predicted molar refractivity (Wildman–Crippen MR) is 141 cm³/mol. The van der Waals surface area contributed by atoms with E-state index in [0.29, 0.717) is 24.7 Å². The molecule has 0 aromatic heterocycles. The van der Waals surface area contributed by atoms with Crippen LogP contribution >= 0.6 is 0 Å². The Labute approximate surface area is 210 Å². The lowest BCUT2D eigenvalue weighted by atomic mass is 9.87. The van der Waals surface area contributed by atoms with E-state index in [-0.39, 0.29) is 12.8 Å². The van der Waals surface area contributed by atoms with Gasteiger partial charge >= 0.3 is 0 Å². The molecule has 206 valence electrons. The molecule has 0 saturated heterocycles. The molecule has 0 radical (unpaired) electrons. The fraction of sp³-hybridized carbons (Fsp3) is 1.00. The molecule has 0 aromatic carbocycles. The maximum Gasteiger partial charge on any atom is 0.238 e. The first-order valence-corrected chi connectivity index (χ1v) is 15.1. The molecule has 0 saturated carbocycles. The molecule has 4 heteroatoms. The first-order valence-electron chi connectivity index (χ1n) is 15.1. The highest BCUT2D eigenvalue weighted by atomic mass is 19.3. The molecule has 0 aliphatic rings. The Morgan fingerprint density at radius 3 is 0.882 bits per heavy atom. The van der Waals surface area contributed by atoms with Crippen molar-refractivity contribution in [1.29, 1.82) is 0 Å².